The molecule has 0 atom stereocenters. The summed E-state index contributed by atoms with van der Waals surface area (Å²) in [5.74, 6) is 0.973. The summed E-state index contributed by atoms with van der Waals surface area (Å²) in [6, 6.07) is 8.20. The highest BCUT2D eigenvalue weighted by atomic mass is 16.5. The summed E-state index contributed by atoms with van der Waals surface area (Å²) in [4.78, 5) is 2.44. The first kappa shape index (κ1) is 14.4. The highest BCUT2D eigenvalue weighted by molar-refractivity contribution is 5.27. The maximum atomic E-state index is 9.44. The predicted octanol–water partition coefficient (Wildman–Crippen LogP) is 2.61. The Morgan fingerprint density at radius 3 is 2.79 bits per heavy atom. The Bertz CT molecular complexity index is 373. The van der Waals surface area contributed by atoms with Gasteiger partial charge in [-0.2, -0.15) is 0 Å². The van der Waals surface area contributed by atoms with Gasteiger partial charge in [0.15, 0.2) is 0 Å². The lowest BCUT2D eigenvalue weighted by Crippen LogP contribution is -2.36. The van der Waals surface area contributed by atoms with Crippen molar-refractivity contribution < 1.29 is 9.84 Å². The molecule has 1 heterocycles. The van der Waals surface area contributed by atoms with Crippen LogP contribution >= 0.6 is 0 Å². The Labute approximate surface area is 116 Å². The molecule has 0 saturated carbocycles. The van der Waals surface area contributed by atoms with Crippen LogP contribution < -0.4 is 4.74 Å². The van der Waals surface area contributed by atoms with Gasteiger partial charge in [0.1, 0.15) is 5.75 Å². The molecular formula is C16H25NO2. The maximum absolute atomic E-state index is 9.44. The third-order valence-corrected chi connectivity index (χ3v) is 3.68. The molecule has 0 spiro atoms. The minimum atomic E-state index is -0.0686. The lowest BCUT2D eigenvalue weighted by molar-refractivity contribution is 0.0812. The van der Waals surface area contributed by atoms with Crippen molar-refractivity contribution in [3.05, 3.63) is 29.8 Å². The Morgan fingerprint density at radius 1 is 1.26 bits per heavy atom. The van der Waals surface area contributed by atoms with Crippen molar-refractivity contribution in [3.63, 3.8) is 0 Å². The zero-order chi connectivity index (χ0) is 13.5. The van der Waals surface area contributed by atoms with E-state index in [9.17, 15) is 5.11 Å². The quantitative estimate of drug-likeness (QED) is 0.801. The summed E-state index contributed by atoms with van der Waals surface area (Å²) in [5, 5.41) is 9.44. The van der Waals surface area contributed by atoms with Crippen molar-refractivity contribution >= 4 is 0 Å². The minimum absolute atomic E-state index is 0.0686. The Hall–Kier alpha value is -1.06. The molecule has 1 fully saturated rings. The smallest absolute Gasteiger partial charge is 0.119 e. The van der Waals surface area contributed by atoms with Crippen LogP contribution in [0.25, 0.3) is 0 Å². The molecule has 0 unspecified atom stereocenters. The fourth-order valence-electron chi connectivity index (χ4n) is 2.48. The molecule has 19 heavy (non-hydrogen) atoms. The molecule has 0 bridgehead atoms. The molecule has 3 heteroatoms. The molecular weight excluding hydrogens is 238 g/mol. The molecule has 3 nitrogen and oxygen atoms in total. The number of hydrogen-bond acceptors (Lipinski definition) is 3. The third kappa shape index (κ3) is 5.21. The fourth-order valence-corrected chi connectivity index (χ4v) is 2.48. The van der Waals surface area contributed by atoms with Gasteiger partial charge in [-0.25, -0.2) is 0 Å². The number of nitrogens with zero attached hydrogens (tertiary/aromatic N) is 1. The van der Waals surface area contributed by atoms with Gasteiger partial charge in [-0.15, -0.1) is 0 Å². The van der Waals surface area contributed by atoms with Crippen LogP contribution in [0.2, 0.25) is 0 Å². The van der Waals surface area contributed by atoms with E-state index in [1.807, 2.05) is 12.1 Å². The van der Waals surface area contributed by atoms with Crippen molar-refractivity contribution in [2.75, 3.05) is 26.2 Å². The van der Waals surface area contributed by atoms with Gasteiger partial charge in [0.2, 0.25) is 0 Å². The largest absolute Gasteiger partial charge is 0.494 e. The van der Waals surface area contributed by atoms with Crippen LogP contribution in [-0.4, -0.2) is 42.4 Å². The number of ether oxygens (including phenoxy) is 1. The summed E-state index contributed by atoms with van der Waals surface area (Å²) in [6.45, 7) is 6.08. The van der Waals surface area contributed by atoms with E-state index >= 15 is 0 Å². The Morgan fingerprint density at radius 2 is 2.05 bits per heavy atom. The normalized spacial score (nSPS) is 17.6. The fraction of sp³-hybridized carbons (Fsp3) is 0.625. The molecule has 0 aliphatic carbocycles. The van der Waals surface area contributed by atoms with E-state index in [-0.39, 0.29) is 6.10 Å². The molecule has 1 aliphatic heterocycles. The number of aliphatic hydroxyl groups excluding tert-OH is 1. The van der Waals surface area contributed by atoms with Gasteiger partial charge in [0.05, 0.1) is 12.7 Å². The van der Waals surface area contributed by atoms with Crippen LogP contribution in [0, 0.1) is 6.92 Å². The van der Waals surface area contributed by atoms with Gasteiger partial charge in [-0.05, 0) is 56.8 Å². The number of unbranched alkanes of at least 4 members (excludes halogenated alkanes) is 1. The number of rotatable bonds is 6. The van der Waals surface area contributed by atoms with Gasteiger partial charge >= 0.3 is 0 Å². The molecule has 1 saturated heterocycles. The highest BCUT2D eigenvalue weighted by Crippen LogP contribution is 2.13. The van der Waals surface area contributed by atoms with Gasteiger partial charge < -0.3 is 14.7 Å². The monoisotopic (exact) mass is 263 g/mol. The van der Waals surface area contributed by atoms with Crippen LogP contribution in [0.5, 0.6) is 5.75 Å². The second-order valence-corrected chi connectivity index (χ2v) is 5.44. The van der Waals surface area contributed by atoms with E-state index in [0.717, 1.165) is 51.3 Å². The van der Waals surface area contributed by atoms with Crippen LogP contribution in [0.3, 0.4) is 0 Å². The van der Waals surface area contributed by atoms with E-state index in [0.29, 0.717) is 0 Å². The molecule has 0 radical (unpaired) electrons. The van der Waals surface area contributed by atoms with E-state index in [4.69, 9.17) is 4.74 Å². The van der Waals surface area contributed by atoms with Crippen molar-refractivity contribution in [2.45, 2.75) is 38.7 Å². The minimum Gasteiger partial charge on any atom is -0.494 e. The SMILES string of the molecule is Cc1cccc(OCCCCN2CCC(O)CC2)c1. The van der Waals surface area contributed by atoms with E-state index in [1.165, 1.54) is 12.0 Å². The molecule has 2 rings (SSSR count). The number of hydrogen-bond donors (Lipinski definition) is 1. The van der Waals surface area contributed by atoms with Gasteiger partial charge in [-0.3, -0.25) is 0 Å². The first-order valence-corrected chi connectivity index (χ1v) is 7.34. The molecule has 0 amide bonds. The summed E-state index contributed by atoms with van der Waals surface area (Å²) < 4.78 is 5.73. The molecule has 1 aromatic rings. The summed E-state index contributed by atoms with van der Waals surface area (Å²) in [7, 11) is 0. The first-order chi connectivity index (χ1) is 9.24. The second kappa shape index (κ2) is 7.51. The molecule has 1 aromatic carbocycles. The van der Waals surface area contributed by atoms with Gasteiger partial charge in [-0.1, -0.05) is 12.1 Å². The maximum Gasteiger partial charge on any atom is 0.119 e. The Balaban J connectivity index is 1.55. The van der Waals surface area contributed by atoms with Gasteiger partial charge in [0.25, 0.3) is 0 Å². The number of likely N-dealkylation sites (tertiary alicyclic amines) is 1. The van der Waals surface area contributed by atoms with E-state index in [1.54, 1.807) is 0 Å². The molecule has 1 aliphatic rings. The number of aryl methyl sites for hydroxylation is 1. The van der Waals surface area contributed by atoms with E-state index in [2.05, 4.69) is 24.0 Å². The van der Waals surface area contributed by atoms with Crippen molar-refractivity contribution in [2.24, 2.45) is 0 Å². The number of piperidine rings is 1. The predicted molar refractivity (Wildman–Crippen MR) is 77.6 cm³/mol. The van der Waals surface area contributed by atoms with Crippen LogP contribution in [-0.2, 0) is 0 Å². The molecule has 0 aromatic heterocycles. The van der Waals surface area contributed by atoms with E-state index < -0.39 is 0 Å². The Kier molecular flexibility index (Phi) is 5.67. The van der Waals surface area contributed by atoms with Gasteiger partial charge in [0, 0.05) is 13.1 Å². The summed E-state index contributed by atoms with van der Waals surface area (Å²) in [5.41, 5.74) is 1.24. The average molecular weight is 263 g/mol. The lowest BCUT2D eigenvalue weighted by atomic mass is 10.1. The number of aliphatic hydroxyl groups is 1. The second-order valence-electron chi connectivity index (χ2n) is 5.44. The first-order valence-electron chi connectivity index (χ1n) is 7.34. The number of benzene rings is 1. The summed E-state index contributed by atoms with van der Waals surface area (Å²) >= 11 is 0. The topological polar surface area (TPSA) is 32.7 Å². The molecule has 106 valence electrons. The zero-order valence-electron chi connectivity index (χ0n) is 11.8. The zero-order valence-corrected chi connectivity index (χ0v) is 11.8. The van der Waals surface area contributed by atoms with Crippen LogP contribution in [0.4, 0.5) is 0 Å². The average Bonchev–Trinajstić information content (AvgIpc) is 2.41. The summed E-state index contributed by atoms with van der Waals surface area (Å²) in [6.07, 6.45) is 4.05. The van der Waals surface area contributed by atoms with Crippen molar-refractivity contribution in [3.8, 4) is 5.75 Å². The van der Waals surface area contributed by atoms with Crippen molar-refractivity contribution in [1.29, 1.82) is 0 Å². The van der Waals surface area contributed by atoms with Crippen LogP contribution in [0.1, 0.15) is 31.2 Å². The standard InChI is InChI=1S/C16H25NO2/c1-14-5-4-6-16(13-14)19-12-3-2-9-17-10-7-15(18)8-11-17/h4-6,13,15,18H,2-3,7-12H2,1H3. The molecule has 1 N–H and O–H groups in total. The van der Waals surface area contributed by atoms with Crippen LogP contribution in [0.15, 0.2) is 24.3 Å². The highest BCUT2D eigenvalue weighted by Gasteiger charge is 2.15. The lowest BCUT2D eigenvalue weighted by Gasteiger charge is -2.29. The third-order valence-electron chi connectivity index (χ3n) is 3.68. The van der Waals surface area contributed by atoms with Crippen molar-refractivity contribution in [1.82, 2.24) is 4.90 Å².